The van der Waals surface area contributed by atoms with Crippen LogP contribution < -0.4 is 5.32 Å². The molecule has 0 saturated heterocycles. The molecule has 122 valence electrons. The van der Waals surface area contributed by atoms with Crippen LogP contribution in [-0.4, -0.2) is 40.2 Å². The lowest BCUT2D eigenvalue weighted by atomic mass is 9.99. The fourth-order valence-corrected chi connectivity index (χ4v) is 2.86. The molecular weight excluding hydrogens is 314 g/mol. The van der Waals surface area contributed by atoms with Crippen molar-refractivity contribution < 1.29 is 14.7 Å². The molecule has 1 unspecified atom stereocenters. The molecule has 0 aliphatic carbocycles. The minimum Gasteiger partial charge on any atom is -0.396 e. The number of aliphatic hydroxyl groups is 1. The standard InChI is InChI=1S/C16H19N3O3S/c1-10-5-3-4-6-13(10)18-14(21)9-23-16-17-11(2)12(7-8-20)15(22)19-16/h3-6,12,20H,7-9H2,1-2H3,(H,18,21). The van der Waals surface area contributed by atoms with Gasteiger partial charge in [0.05, 0.1) is 11.7 Å². The van der Waals surface area contributed by atoms with Gasteiger partial charge in [0, 0.05) is 18.0 Å². The fourth-order valence-electron chi connectivity index (χ4n) is 2.16. The zero-order valence-electron chi connectivity index (χ0n) is 13.1. The monoisotopic (exact) mass is 333 g/mol. The van der Waals surface area contributed by atoms with Gasteiger partial charge < -0.3 is 10.4 Å². The van der Waals surface area contributed by atoms with Crippen LogP contribution in [-0.2, 0) is 9.59 Å². The third-order valence-electron chi connectivity index (χ3n) is 3.45. The van der Waals surface area contributed by atoms with E-state index in [4.69, 9.17) is 5.11 Å². The van der Waals surface area contributed by atoms with E-state index in [-0.39, 0.29) is 24.2 Å². The van der Waals surface area contributed by atoms with Crippen molar-refractivity contribution in [2.24, 2.45) is 15.9 Å². The number of amides is 2. The minimum atomic E-state index is -0.454. The van der Waals surface area contributed by atoms with Gasteiger partial charge in [-0.1, -0.05) is 30.0 Å². The van der Waals surface area contributed by atoms with E-state index in [1.807, 2.05) is 31.2 Å². The number of aliphatic hydroxyl groups excluding tert-OH is 1. The topological polar surface area (TPSA) is 91.1 Å². The summed E-state index contributed by atoms with van der Waals surface area (Å²) >= 11 is 1.13. The average molecular weight is 333 g/mol. The summed E-state index contributed by atoms with van der Waals surface area (Å²) in [6.07, 6.45) is 0.323. The van der Waals surface area contributed by atoms with Gasteiger partial charge in [0.15, 0.2) is 5.17 Å². The molecule has 0 fully saturated rings. The second-order valence-corrected chi connectivity index (χ2v) is 6.14. The van der Waals surface area contributed by atoms with Crippen molar-refractivity contribution in [3.63, 3.8) is 0 Å². The Hall–Kier alpha value is -1.99. The number of rotatable bonds is 5. The molecule has 2 rings (SSSR count). The summed E-state index contributed by atoms with van der Waals surface area (Å²) in [6.45, 7) is 3.57. The van der Waals surface area contributed by atoms with Gasteiger partial charge in [-0.15, -0.1) is 0 Å². The molecular formula is C16H19N3O3S. The fraction of sp³-hybridized carbons (Fsp3) is 0.375. The highest BCUT2D eigenvalue weighted by Gasteiger charge is 2.25. The Labute approximate surface area is 139 Å². The Morgan fingerprint density at radius 2 is 2.04 bits per heavy atom. The van der Waals surface area contributed by atoms with Gasteiger partial charge in [-0.3, -0.25) is 9.59 Å². The highest BCUT2D eigenvalue weighted by atomic mass is 32.2. The second-order valence-electron chi connectivity index (χ2n) is 5.20. The highest BCUT2D eigenvalue weighted by molar-refractivity contribution is 8.14. The normalized spacial score (nSPS) is 17.5. The van der Waals surface area contributed by atoms with Gasteiger partial charge in [-0.05, 0) is 31.9 Å². The number of carbonyl (C=O) groups is 2. The Balaban J connectivity index is 1.91. The SMILES string of the molecule is CC1=NC(SCC(=O)Nc2ccccc2C)=NC(=O)C1CCO. The Morgan fingerprint density at radius 1 is 1.30 bits per heavy atom. The van der Waals surface area contributed by atoms with E-state index >= 15 is 0 Å². The van der Waals surface area contributed by atoms with Crippen LogP contribution in [0.4, 0.5) is 5.69 Å². The maximum Gasteiger partial charge on any atom is 0.257 e. The molecule has 6 nitrogen and oxygen atoms in total. The molecule has 1 aromatic carbocycles. The summed E-state index contributed by atoms with van der Waals surface area (Å²) in [6, 6.07) is 7.51. The lowest BCUT2D eigenvalue weighted by Gasteiger charge is -2.16. The highest BCUT2D eigenvalue weighted by Crippen LogP contribution is 2.19. The molecule has 1 aliphatic heterocycles. The third-order valence-corrected chi connectivity index (χ3v) is 4.30. The number of hydrogen-bond acceptors (Lipinski definition) is 5. The second kappa shape index (κ2) is 8.03. The minimum absolute atomic E-state index is 0.0832. The van der Waals surface area contributed by atoms with Crippen LogP contribution in [0, 0.1) is 12.8 Å². The van der Waals surface area contributed by atoms with Crippen LogP contribution in [0.2, 0.25) is 0 Å². The predicted molar refractivity (Wildman–Crippen MR) is 93.0 cm³/mol. The van der Waals surface area contributed by atoms with Crippen molar-refractivity contribution in [1.82, 2.24) is 0 Å². The van der Waals surface area contributed by atoms with Crippen LogP contribution in [0.25, 0.3) is 0 Å². The first-order valence-corrected chi connectivity index (χ1v) is 8.26. The number of aryl methyl sites for hydroxylation is 1. The Morgan fingerprint density at radius 3 is 2.70 bits per heavy atom. The predicted octanol–water partition coefficient (Wildman–Crippen LogP) is 2.02. The third kappa shape index (κ3) is 4.74. The number of carbonyl (C=O) groups excluding carboxylic acids is 2. The maximum atomic E-state index is 12.0. The number of nitrogens with zero attached hydrogens (tertiary/aromatic N) is 2. The van der Waals surface area contributed by atoms with E-state index in [0.29, 0.717) is 17.3 Å². The van der Waals surface area contributed by atoms with E-state index in [1.165, 1.54) is 0 Å². The van der Waals surface area contributed by atoms with Crippen LogP contribution in [0.5, 0.6) is 0 Å². The molecule has 1 atom stereocenters. The maximum absolute atomic E-state index is 12.0. The largest absolute Gasteiger partial charge is 0.396 e. The molecule has 0 aromatic heterocycles. The number of benzene rings is 1. The molecule has 0 bridgehead atoms. The number of para-hydroxylation sites is 1. The summed E-state index contributed by atoms with van der Waals surface area (Å²) in [5, 5.41) is 12.1. The van der Waals surface area contributed by atoms with E-state index in [9.17, 15) is 9.59 Å². The van der Waals surface area contributed by atoms with Crippen LogP contribution in [0.1, 0.15) is 18.9 Å². The molecule has 1 aromatic rings. The van der Waals surface area contributed by atoms with Gasteiger partial charge in [0.1, 0.15) is 0 Å². The van der Waals surface area contributed by atoms with Gasteiger partial charge in [0.2, 0.25) is 5.91 Å². The molecule has 0 radical (unpaired) electrons. The van der Waals surface area contributed by atoms with Crippen molar-refractivity contribution in [3.05, 3.63) is 29.8 Å². The summed E-state index contributed by atoms with van der Waals surface area (Å²) in [7, 11) is 0. The summed E-state index contributed by atoms with van der Waals surface area (Å²) in [5.41, 5.74) is 2.38. The number of anilines is 1. The smallest absolute Gasteiger partial charge is 0.257 e. The first-order valence-electron chi connectivity index (χ1n) is 7.28. The van der Waals surface area contributed by atoms with E-state index in [2.05, 4.69) is 15.3 Å². The van der Waals surface area contributed by atoms with Crippen molar-refractivity contribution in [2.75, 3.05) is 17.7 Å². The summed E-state index contributed by atoms with van der Waals surface area (Å²) < 4.78 is 0. The first-order chi connectivity index (χ1) is 11.0. The van der Waals surface area contributed by atoms with E-state index in [1.54, 1.807) is 6.92 Å². The molecule has 0 saturated carbocycles. The van der Waals surface area contributed by atoms with E-state index in [0.717, 1.165) is 23.0 Å². The number of nitrogens with one attached hydrogen (secondary N) is 1. The van der Waals surface area contributed by atoms with Crippen molar-refractivity contribution in [2.45, 2.75) is 20.3 Å². The lowest BCUT2D eigenvalue weighted by Crippen LogP contribution is -2.27. The van der Waals surface area contributed by atoms with Gasteiger partial charge >= 0.3 is 0 Å². The van der Waals surface area contributed by atoms with E-state index < -0.39 is 5.92 Å². The van der Waals surface area contributed by atoms with Crippen molar-refractivity contribution in [1.29, 1.82) is 0 Å². The first kappa shape index (κ1) is 17.4. The summed E-state index contributed by atoms with van der Waals surface area (Å²) in [5.74, 6) is -0.815. The number of hydrogen-bond donors (Lipinski definition) is 2. The Bertz CT molecular complexity index is 670. The molecule has 1 heterocycles. The quantitative estimate of drug-likeness (QED) is 0.862. The van der Waals surface area contributed by atoms with Gasteiger partial charge in [-0.25, -0.2) is 4.99 Å². The molecule has 2 amide bonds. The number of aliphatic imine (C=N–C) groups is 2. The molecule has 7 heteroatoms. The van der Waals surface area contributed by atoms with Gasteiger partial charge in [0.25, 0.3) is 5.91 Å². The average Bonchev–Trinajstić information content (AvgIpc) is 2.51. The molecule has 23 heavy (non-hydrogen) atoms. The molecule has 1 aliphatic rings. The zero-order valence-corrected chi connectivity index (χ0v) is 13.9. The van der Waals surface area contributed by atoms with Gasteiger partial charge in [-0.2, -0.15) is 4.99 Å². The van der Waals surface area contributed by atoms with Crippen LogP contribution in [0.15, 0.2) is 34.3 Å². The zero-order chi connectivity index (χ0) is 16.8. The molecule has 2 N–H and O–H groups in total. The van der Waals surface area contributed by atoms with Crippen LogP contribution in [0.3, 0.4) is 0 Å². The Kier molecular flexibility index (Phi) is 6.06. The van der Waals surface area contributed by atoms with Crippen molar-refractivity contribution >= 4 is 40.1 Å². The van der Waals surface area contributed by atoms with Crippen LogP contribution >= 0.6 is 11.8 Å². The summed E-state index contributed by atoms with van der Waals surface area (Å²) in [4.78, 5) is 32.0. The van der Waals surface area contributed by atoms with Crippen molar-refractivity contribution in [3.8, 4) is 0 Å². The lowest BCUT2D eigenvalue weighted by molar-refractivity contribution is -0.120. The molecule has 0 spiro atoms. The number of thioether (sulfide) groups is 1. The number of amidine groups is 1.